The number of esters is 1. The molecule has 0 saturated heterocycles. The van der Waals surface area contributed by atoms with E-state index < -0.39 is 11.6 Å². The maximum Gasteiger partial charge on any atom is 0.348 e. The monoisotopic (exact) mass is 368 g/mol. The zero-order valence-electron chi connectivity index (χ0n) is 15.1. The molecule has 1 aliphatic heterocycles. The molecule has 0 fully saturated rings. The lowest BCUT2D eigenvalue weighted by Crippen LogP contribution is -2.38. The molecule has 0 amide bonds. The Morgan fingerprint density at radius 1 is 1.08 bits per heavy atom. The van der Waals surface area contributed by atoms with Gasteiger partial charge in [0.05, 0.1) is 6.42 Å². The molecule has 1 unspecified atom stereocenters. The second kappa shape index (κ2) is 8.00. The van der Waals surface area contributed by atoms with E-state index in [-0.39, 0.29) is 5.76 Å². The number of benzene rings is 2. The minimum absolute atomic E-state index is 0.131. The van der Waals surface area contributed by atoms with Crippen LogP contribution >= 0.6 is 11.8 Å². The standard InChI is InChI=1S/C22H24O3S/c1-16(2)13-22(18-11-7-4-8-12-18)14-19(23)20(21(24)25-22)26-15-17-9-5-3-6-10-17/h3-12,16,23H,13-15H2,1-2H3. The fourth-order valence-electron chi connectivity index (χ4n) is 3.39. The van der Waals surface area contributed by atoms with E-state index in [1.54, 1.807) is 0 Å². The molecule has 1 N–H and O–H groups in total. The molecular weight excluding hydrogens is 344 g/mol. The minimum atomic E-state index is -0.798. The van der Waals surface area contributed by atoms with E-state index in [0.29, 0.717) is 29.4 Å². The molecule has 0 radical (unpaired) electrons. The molecular formula is C22H24O3S. The number of hydrogen-bond donors (Lipinski definition) is 1. The molecule has 0 spiro atoms. The number of thioether (sulfide) groups is 1. The summed E-state index contributed by atoms with van der Waals surface area (Å²) in [4.78, 5) is 13.1. The van der Waals surface area contributed by atoms with Gasteiger partial charge in [0.25, 0.3) is 0 Å². The molecule has 1 aliphatic rings. The highest BCUT2D eigenvalue weighted by atomic mass is 32.2. The molecule has 1 atom stereocenters. The topological polar surface area (TPSA) is 46.5 Å². The van der Waals surface area contributed by atoms with Crippen molar-refractivity contribution in [3.8, 4) is 0 Å². The lowest BCUT2D eigenvalue weighted by Gasteiger charge is -2.38. The van der Waals surface area contributed by atoms with Gasteiger partial charge in [-0.15, -0.1) is 11.8 Å². The molecule has 0 aliphatic carbocycles. The van der Waals surface area contributed by atoms with E-state index in [1.165, 1.54) is 11.8 Å². The van der Waals surface area contributed by atoms with Crippen LogP contribution in [-0.4, -0.2) is 11.1 Å². The molecule has 2 aromatic rings. The van der Waals surface area contributed by atoms with Gasteiger partial charge in [-0.25, -0.2) is 4.79 Å². The van der Waals surface area contributed by atoms with Gasteiger partial charge >= 0.3 is 5.97 Å². The Bertz CT molecular complexity index is 784. The molecule has 3 rings (SSSR count). The van der Waals surface area contributed by atoms with Crippen LogP contribution in [0.1, 0.15) is 37.8 Å². The summed E-state index contributed by atoms with van der Waals surface area (Å²) < 4.78 is 5.96. The predicted octanol–water partition coefficient (Wildman–Crippen LogP) is 5.58. The molecule has 3 nitrogen and oxygen atoms in total. The van der Waals surface area contributed by atoms with Crippen LogP contribution < -0.4 is 0 Å². The van der Waals surface area contributed by atoms with E-state index in [9.17, 15) is 9.90 Å². The maximum atomic E-state index is 12.7. The number of carbonyl (C=O) groups excluding carboxylic acids is 1. The Labute approximate surface area is 159 Å². The fraction of sp³-hybridized carbons (Fsp3) is 0.318. The first kappa shape index (κ1) is 18.6. The van der Waals surface area contributed by atoms with Crippen molar-refractivity contribution in [2.45, 2.75) is 38.0 Å². The third kappa shape index (κ3) is 4.13. The van der Waals surface area contributed by atoms with Gasteiger partial charge in [-0.3, -0.25) is 0 Å². The number of ether oxygens (including phenoxy) is 1. The second-order valence-corrected chi connectivity index (χ2v) is 8.06. The highest BCUT2D eigenvalue weighted by molar-refractivity contribution is 8.03. The quantitative estimate of drug-likeness (QED) is 0.676. The van der Waals surface area contributed by atoms with E-state index in [2.05, 4.69) is 13.8 Å². The number of rotatable bonds is 6. The highest BCUT2D eigenvalue weighted by Crippen LogP contribution is 2.44. The largest absolute Gasteiger partial charge is 0.511 e. The summed E-state index contributed by atoms with van der Waals surface area (Å²) in [5.41, 5.74) is 1.24. The minimum Gasteiger partial charge on any atom is -0.511 e. The SMILES string of the molecule is CC(C)CC1(c2ccccc2)CC(O)=C(SCc2ccccc2)C(=O)O1. The van der Waals surface area contributed by atoms with Crippen LogP contribution in [0.25, 0.3) is 0 Å². The number of hydrogen-bond acceptors (Lipinski definition) is 4. The van der Waals surface area contributed by atoms with Crippen LogP contribution in [0.2, 0.25) is 0 Å². The van der Waals surface area contributed by atoms with Crippen LogP contribution in [0, 0.1) is 5.92 Å². The molecule has 2 aromatic carbocycles. The number of carbonyl (C=O) groups is 1. The predicted molar refractivity (Wildman–Crippen MR) is 106 cm³/mol. The van der Waals surface area contributed by atoms with Gasteiger partial charge in [0.15, 0.2) is 0 Å². The summed E-state index contributed by atoms with van der Waals surface area (Å²) in [5.74, 6) is 0.651. The Kier molecular flexibility index (Phi) is 5.72. The third-order valence-electron chi connectivity index (χ3n) is 4.45. The number of aliphatic hydroxyl groups is 1. The van der Waals surface area contributed by atoms with Crippen LogP contribution in [0.15, 0.2) is 71.3 Å². The Balaban J connectivity index is 1.86. The van der Waals surface area contributed by atoms with Crippen LogP contribution in [0.4, 0.5) is 0 Å². The van der Waals surface area contributed by atoms with E-state index in [4.69, 9.17) is 4.74 Å². The number of aliphatic hydroxyl groups excluding tert-OH is 1. The van der Waals surface area contributed by atoms with Gasteiger partial charge in [0, 0.05) is 5.75 Å². The van der Waals surface area contributed by atoms with Gasteiger partial charge < -0.3 is 9.84 Å². The summed E-state index contributed by atoms with van der Waals surface area (Å²) in [5, 5.41) is 10.7. The van der Waals surface area contributed by atoms with Crippen molar-refractivity contribution in [3.05, 3.63) is 82.5 Å². The average Bonchev–Trinajstić information content (AvgIpc) is 2.62. The first-order valence-corrected chi connectivity index (χ1v) is 9.86. The fourth-order valence-corrected chi connectivity index (χ4v) is 4.30. The summed E-state index contributed by atoms with van der Waals surface area (Å²) in [7, 11) is 0. The van der Waals surface area contributed by atoms with Crippen LogP contribution in [0.5, 0.6) is 0 Å². The molecule has 0 aromatic heterocycles. The average molecular weight is 368 g/mol. The van der Waals surface area contributed by atoms with Crippen LogP contribution in [-0.2, 0) is 20.9 Å². The van der Waals surface area contributed by atoms with Gasteiger partial charge in [0.2, 0.25) is 0 Å². The Morgan fingerprint density at radius 2 is 1.69 bits per heavy atom. The Morgan fingerprint density at radius 3 is 2.27 bits per heavy atom. The number of cyclic esters (lactones) is 1. The molecule has 26 heavy (non-hydrogen) atoms. The Hall–Kier alpha value is -2.20. The molecule has 1 heterocycles. The highest BCUT2D eigenvalue weighted by Gasteiger charge is 2.43. The van der Waals surface area contributed by atoms with Crippen molar-refractivity contribution in [2.75, 3.05) is 0 Å². The summed E-state index contributed by atoms with van der Waals surface area (Å²) in [6, 6.07) is 19.6. The van der Waals surface area contributed by atoms with Crippen molar-refractivity contribution in [1.82, 2.24) is 0 Å². The van der Waals surface area contributed by atoms with Crippen molar-refractivity contribution >= 4 is 17.7 Å². The maximum absolute atomic E-state index is 12.7. The molecule has 0 saturated carbocycles. The van der Waals surface area contributed by atoms with E-state index >= 15 is 0 Å². The van der Waals surface area contributed by atoms with Gasteiger partial charge in [-0.2, -0.15) is 0 Å². The van der Waals surface area contributed by atoms with Gasteiger partial charge in [-0.1, -0.05) is 74.5 Å². The van der Waals surface area contributed by atoms with E-state index in [0.717, 1.165) is 11.1 Å². The van der Waals surface area contributed by atoms with Gasteiger partial charge in [-0.05, 0) is 23.5 Å². The van der Waals surface area contributed by atoms with Crippen molar-refractivity contribution in [2.24, 2.45) is 5.92 Å². The van der Waals surface area contributed by atoms with E-state index in [1.807, 2.05) is 60.7 Å². The lowest BCUT2D eigenvalue weighted by atomic mass is 9.81. The molecule has 4 heteroatoms. The third-order valence-corrected chi connectivity index (χ3v) is 5.62. The van der Waals surface area contributed by atoms with Crippen molar-refractivity contribution < 1.29 is 14.6 Å². The molecule has 0 bridgehead atoms. The van der Waals surface area contributed by atoms with Crippen LogP contribution in [0.3, 0.4) is 0 Å². The zero-order valence-corrected chi connectivity index (χ0v) is 16.0. The van der Waals surface area contributed by atoms with Crippen molar-refractivity contribution in [3.63, 3.8) is 0 Å². The normalized spacial score (nSPS) is 20.3. The van der Waals surface area contributed by atoms with Gasteiger partial charge in [0.1, 0.15) is 16.3 Å². The first-order chi connectivity index (χ1) is 12.5. The second-order valence-electron chi connectivity index (χ2n) is 7.07. The van der Waals surface area contributed by atoms with Crippen molar-refractivity contribution in [1.29, 1.82) is 0 Å². The summed E-state index contributed by atoms with van der Waals surface area (Å²) in [6.07, 6.45) is 0.988. The smallest absolute Gasteiger partial charge is 0.348 e. The first-order valence-electron chi connectivity index (χ1n) is 8.88. The summed E-state index contributed by atoms with van der Waals surface area (Å²) in [6.45, 7) is 4.19. The summed E-state index contributed by atoms with van der Waals surface area (Å²) >= 11 is 1.34. The molecule has 136 valence electrons. The lowest BCUT2D eigenvalue weighted by molar-refractivity contribution is -0.161. The zero-order chi connectivity index (χ0) is 18.6.